The molecule has 30 heavy (non-hydrogen) atoms. The molecule has 1 aliphatic heterocycles. The molecular weight excluding hydrogens is 395 g/mol. The van der Waals surface area contributed by atoms with Crippen molar-refractivity contribution in [3.63, 3.8) is 0 Å². The summed E-state index contributed by atoms with van der Waals surface area (Å²) in [5.74, 6) is -0.628. The monoisotopic (exact) mass is 413 g/mol. The Morgan fingerprint density at radius 3 is 2.47 bits per heavy atom. The third-order valence-electron chi connectivity index (χ3n) is 5.24. The fourth-order valence-corrected chi connectivity index (χ4v) is 3.69. The van der Waals surface area contributed by atoms with Crippen LogP contribution in [0.25, 0.3) is 16.6 Å². The lowest BCUT2D eigenvalue weighted by Gasteiger charge is -2.35. The lowest BCUT2D eigenvalue weighted by molar-refractivity contribution is -0.146. The molecule has 0 atom stereocenters. The summed E-state index contributed by atoms with van der Waals surface area (Å²) >= 11 is 0. The SMILES string of the molecule is FC(F)(F)c1nnc2ccc(N3CCN(Cc4ccc5ccccc5n4)CC3)nn12. The lowest BCUT2D eigenvalue weighted by Crippen LogP contribution is -2.46. The molecule has 1 fully saturated rings. The van der Waals surface area contributed by atoms with Crippen LogP contribution in [0.4, 0.5) is 19.0 Å². The van der Waals surface area contributed by atoms with Gasteiger partial charge in [-0.15, -0.1) is 15.3 Å². The minimum Gasteiger partial charge on any atom is -0.353 e. The summed E-state index contributed by atoms with van der Waals surface area (Å²) in [5.41, 5.74) is 2.05. The molecule has 0 N–H and O–H groups in total. The van der Waals surface area contributed by atoms with Gasteiger partial charge in [0.05, 0.1) is 11.2 Å². The molecule has 0 radical (unpaired) electrons. The normalized spacial score (nSPS) is 15.9. The van der Waals surface area contributed by atoms with E-state index in [1.165, 1.54) is 6.07 Å². The van der Waals surface area contributed by atoms with Gasteiger partial charge in [0.25, 0.3) is 5.82 Å². The summed E-state index contributed by atoms with van der Waals surface area (Å²) in [6, 6.07) is 15.3. The number of rotatable bonds is 3. The highest BCUT2D eigenvalue weighted by Crippen LogP contribution is 2.28. The van der Waals surface area contributed by atoms with Crippen LogP contribution in [0.15, 0.2) is 48.5 Å². The fraction of sp³-hybridized carbons (Fsp3) is 0.300. The molecule has 0 unspecified atom stereocenters. The minimum atomic E-state index is -4.60. The minimum absolute atomic E-state index is 0.0760. The van der Waals surface area contributed by atoms with Crippen LogP contribution >= 0.6 is 0 Å². The second-order valence-corrected chi connectivity index (χ2v) is 7.24. The largest absolute Gasteiger partial charge is 0.453 e. The number of aromatic nitrogens is 5. The summed E-state index contributed by atoms with van der Waals surface area (Å²) in [6.07, 6.45) is -4.60. The van der Waals surface area contributed by atoms with Gasteiger partial charge in [-0.1, -0.05) is 24.3 Å². The van der Waals surface area contributed by atoms with Crippen LogP contribution in [0.3, 0.4) is 0 Å². The van der Waals surface area contributed by atoms with E-state index in [0.29, 0.717) is 18.9 Å². The van der Waals surface area contributed by atoms with Crippen molar-refractivity contribution in [3.8, 4) is 0 Å². The first-order chi connectivity index (χ1) is 14.5. The molecule has 5 rings (SSSR count). The predicted molar refractivity (Wildman–Crippen MR) is 105 cm³/mol. The van der Waals surface area contributed by atoms with Gasteiger partial charge in [-0.3, -0.25) is 9.88 Å². The first kappa shape index (κ1) is 18.7. The van der Waals surface area contributed by atoms with Crippen LogP contribution in [-0.2, 0) is 12.7 Å². The number of anilines is 1. The Balaban J connectivity index is 1.28. The number of nitrogens with zero attached hydrogens (tertiary/aromatic N) is 7. The number of piperazine rings is 1. The maximum Gasteiger partial charge on any atom is 0.453 e. The quantitative estimate of drug-likeness (QED) is 0.515. The summed E-state index contributed by atoms with van der Waals surface area (Å²) < 4.78 is 40.0. The number of hydrogen-bond acceptors (Lipinski definition) is 6. The second kappa shape index (κ2) is 7.21. The Morgan fingerprint density at radius 2 is 1.67 bits per heavy atom. The highest BCUT2D eigenvalue weighted by Gasteiger charge is 2.37. The summed E-state index contributed by atoms with van der Waals surface area (Å²) in [4.78, 5) is 8.98. The van der Waals surface area contributed by atoms with Gasteiger partial charge >= 0.3 is 6.18 Å². The maximum atomic E-state index is 13.1. The van der Waals surface area contributed by atoms with Crippen LogP contribution in [0.2, 0.25) is 0 Å². The number of halogens is 3. The molecule has 0 bridgehead atoms. The van der Waals surface area contributed by atoms with Crippen molar-refractivity contribution < 1.29 is 13.2 Å². The van der Waals surface area contributed by atoms with Crippen LogP contribution in [0.1, 0.15) is 11.5 Å². The molecule has 4 aromatic rings. The van der Waals surface area contributed by atoms with Crippen molar-refractivity contribution in [1.29, 1.82) is 0 Å². The zero-order valence-electron chi connectivity index (χ0n) is 15.9. The van der Waals surface area contributed by atoms with E-state index in [0.717, 1.165) is 40.7 Å². The van der Waals surface area contributed by atoms with Gasteiger partial charge in [0.15, 0.2) is 5.65 Å². The zero-order valence-corrected chi connectivity index (χ0v) is 15.9. The van der Waals surface area contributed by atoms with Gasteiger partial charge < -0.3 is 4.90 Å². The summed E-state index contributed by atoms with van der Waals surface area (Å²) in [5, 5.41) is 12.0. The summed E-state index contributed by atoms with van der Waals surface area (Å²) in [6.45, 7) is 3.59. The fourth-order valence-electron chi connectivity index (χ4n) is 3.69. The predicted octanol–water partition coefficient (Wildman–Crippen LogP) is 3.01. The first-order valence-electron chi connectivity index (χ1n) is 9.59. The third-order valence-corrected chi connectivity index (χ3v) is 5.24. The molecule has 1 saturated heterocycles. The van der Waals surface area contributed by atoms with Crippen LogP contribution in [0, 0.1) is 0 Å². The van der Waals surface area contributed by atoms with E-state index in [1.54, 1.807) is 6.07 Å². The lowest BCUT2D eigenvalue weighted by atomic mass is 10.2. The van der Waals surface area contributed by atoms with Gasteiger partial charge in [0, 0.05) is 38.1 Å². The van der Waals surface area contributed by atoms with Gasteiger partial charge in [-0.25, -0.2) is 0 Å². The molecule has 0 spiro atoms. The van der Waals surface area contributed by atoms with Crippen molar-refractivity contribution >= 4 is 22.4 Å². The van der Waals surface area contributed by atoms with Gasteiger partial charge in [0.1, 0.15) is 5.82 Å². The molecule has 0 amide bonds. The average Bonchev–Trinajstić information content (AvgIpc) is 3.18. The van der Waals surface area contributed by atoms with Gasteiger partial charge in [-0.05, 0) is 24.3 Å². The van der Waals surface area contributed by atoms with Crippen LogP contribution < -0.4 is 4.90 Å². The van der Waals surface area contributed by atoms with Crippen LogP contribution in [-0.4, -0.2) is 55.9 Å². The van der Waals surface area contributed by atoms with Crippen LogP contribution in [0.5, 0.6) is 0 Å². The maximum absolute atomic E-state index is 13.1. The smallest absolute Gasteiger partial charge is 0.353 e. The van der Waals surface area contributed by atoms with E-state index < -0.39 is 12.0 Å². The molecule has 7 nitrogen and oxygen atoms in total. The zero-order chi connectivity index (χ0) is 20.7. The van der Waals surface area contributed by atoms with Crippen molar-refractivity contribution in [2.45, 2.75) is 12.7 Å². The standard InChI is InChI=1S/C20H18F3N7/c21-20(22,23)19-26-25-17-7-8-18(27-30(17)19)29-11-9-28(10-12-29)13-15-6-5-14-3-1-2-4-16(14)24-15/h1-8H,9-13H2. The van der Waals surface area contributed by atoms with Crippen molar-refractivity contribution in [3.05, 3.63) is 60.0 Å². The van der Waals surface area contributed by atoms with E-state index in [1.807, 2.05) is 35.2 Å². The van der Waals surface area contributed by atoms with Gasteiger partial charge in [-0.2, -0.15) is 17.7 Å². The first-order valence-corrected chi connectivity index (χ1v) is 9.59. The molecule has 1 aliphatic rings. The Morgan fingerprint density at radius 1 is 0.867 bits per heavy atom. The highest BCUT2D eigenvalue weighted by molar-refractivity contribution is 5.78. The Bertz CT molecular complexity index is 1200. The molecule has 3 aromatic heterocycles. The molecule has 0 aliphatic carbocycles. The molecule has 154 valence electrons. The van der Waals surface area contributed by atoms with Crippen molar-refractivity contribution in [2.75, 3.05) is 31.1 Å². The van der Waals surface area contributed by atoms with E-state index in [9.17, 15) is 13.2 Å². The molecular formula is C20H18F3N7. The molecule has 1 aromatic carbocycles. The number of alkyl halides is 3. The van der Waals surface area contributed by atoms with E-state index >= 15 is 0 Å². The second-order valence-electron chi connectivity index (χ2n) is 7.24. The third kappa shape index (κ3) is 3.54. The van der Waals surface area contributed by atoms with E-state index in [2.05, 4.69) is 26.3 Å². The Kier molecular flexibility index (Phi) is 4.50. The van der Waals surface area contributed by atoms with E-state index in [-0.39, 0.29) is 5.65 Å². The number of hydrogen-bond donors (Lipinski definition) is 0. The van der Waals surface area contributed by atoms with Gasteiger partial charge in [0.2, 0.25) is 0 Å². The van der Waals surface area contributed by atoms with Crippen molar-refractivity contribution in [1.82, 2.24) is 29.7 Å². The number of benzene rings is 1. The molecule has 0 saturated carbocycles. The highest BCUT2D eigenvalue weighted by atomic mass is 19.4. The molecule has 4 heterocycles. The number of para-hydroxylation sites is 1. The number of fused-ring (bicyclic) bond motifs is 2. The molecule has 10 heteroatoms. The Labute approximate surface area is 169 Å². The number of pyridine rings is 1. The summed E-state index contributed by atoms with van der Waals surface area (Å²) in [7, 11) is 0. The van der Waals surface area contributed by atoms with Crippen molar-refractivity contribution in [2.24, 2.45) is 0 Å². The average molecular weight is 413 g/mol. The Hall–Kier alpha value is -3.27. The topological polar surface area (TPSA) is 62.5 Å². The van der Waals surface area contributed by atoms with E-state index in [4.69, 9.17) is 4.98 Å².